The van der Waals surface area contributed by atoms with Gasteiger partial charge in [0.1, 0.15) is 5.02 Å². The fourth-order valence-corrected chi connectivity index (χ4v) is 2.36. The quantitative estimate of drug-likeness (QED) is 0.856. The van der Waals surface area contributed by atoms with Gasteiger partial charge in [0.05, 0.1) is 24.2 Å². The lowest BCUT2D eigenvalue weighted by molar-refractivity contribution is 0.603. The number of rotatable bonds is 3. The Balaban J connectivity index is 2.31. The van der Waals surface area contributed by atoms with Crippen LogP contribution in [0.25, 0.3) is 0 Å². The van der Waals surface area contributed by atoms with Crippen LogP contribution in [0.15, 0.2) is 34.9 Å². The third-order valence-electron chi connectivity index (χ3n) is 2.28. The molecule has 20 heavy (non-hydrogen) atoms. The Bertz CT molecular complexity index is 713. The lowest BCUT2D eigenvalue weighted by Gasteiger charge is -2.18. The minimum atomic E-state index is -3.50. The number of halogens is 2. The van der Waals surface area contributed by atoms with Crippen molar-refractivity contribution in [2.45, 2.75) is 6.04 Å². The molecule has 0 saturated carbocycles. The first-order chi connectivity index (χ1) is 9.35. The fraction of sp³-hybridized carbons (Fsp3) is 0.182. The maximum absolute atomic E-state index is 11.3. The van der Waals surface area contributed by atoms with Gasteiger partial charge < -0.3 is 5.32 Å². The van der Waals surface area contributed by atoms with E-state index in [1.54, 1.807) is 24.3 Å². The van der Waals surface area contributed by atoms with Gasteiger partial charge in [-0.05, 0) is 17.7 Å². The molecule has 1 aromatic rings. The average molecular weight is 333 g/mol. The van der Waals surface area contributed by atoms with Crippen molar-refractivity contribution in [3.05, 3.63) is 40.8 Å². The van der Waals surface area contributed by atoms with Crippen LogP contribution in [0, 0.1) is 0 Å². The number of sulfonamides is 1. The molecule has 0 bridgehead atoms. The maximum atomic E-state index is 11.3. The number of nitrogens with one attached hydrogen (secondary N) is 1. The largest absolute Gasteiger partial charge is 0.357 e. The van der Waals surface area contributed by atoms with Crippen LogP contribution in [0.3, 0.4) is 0 Å². The summed E-state index contributed by atoms with van der Waals surface area (Å²) < 4.78 is 26.2. The van der Waals surface area contributed by atoms with E-state index in [0.29, 0.717) is 11.5 Å². The summed E-state index contributed by atoms with van der Waals surface area (Å²) >= 11 is 11.6. The highest BCUT2D eigenvalue weighted by Crippen LogP contribution is 2.21. The molecule has 1 N–H and O–H groups in total. The van der Waals surface area contributed by atoms with Crippen LogP contribution in [-0.4, -0.2) is 36.4 Å². The van der Waals surface area contributed by atoms with E-state index in [9.17, 15) is 8.42 Å². The minimum absolute atomic E-state index is 0.0360. The molecule has 1 aromatic heterocycles. The molecule has 0 aromatic carbocycles. The van der Waals surface area contributed by atoms with Gasteiger partial charge in [0, 0.05) is 0 Å². The van der Waals surface area contributed by atoms with Gasteiger partial charge in [0.25, 0.3) is 10.0 Å². The second-order valence-corrected chi connectivity index (χ2v) is 6.34. The molecule has 1 atom stereocenters. The predicted octanol–water partition coefficient (Wildman–Crippen LogP) is 2.09. The number of hydrogen-bond acceptors (Lipinski definition) is 5. The molecule has 106 valence electrons. The lowest BCUT2D eigenvalue weighted by atomic mass is 10.1. The third-order valence-corrected chi connectivity index (χ3v) is 3.28. The second-order valence-electron chi connectivity index (χ2n) is 3.95. The standard InChI is InChI=1S/C11H10Cl2N4O2S/c1-20(18,19)17-9-5-3-2-4-8(9)15-10-7(12)6-14-11(13)16-10/h2-6,8H,1H3,(H,14,15,16). The molecule has 2 rings (SSSR count). The zero-order valence-corrected chi connectivity index (χ0v) is 12.6. The summed E-state index contributed by atoms with van der Waals surface area (Å²) in [6, 6.07) is -0.474. The molecule has 6 nitrogen and oxygen atoms in total. The first-order valence-electron chi connectivity index (χ1n) is 5.44. The zero-order valence-electron chi connectivity index (χ0n) is 10.3. The van der Waals surface area contributed by atoms with Gasteiger partial charge >= 0.3 is 0 Å². The SMILES string of the molecule is CS(=O)(=O)N=C1C=CC=CC1Nc1nc(Cl)ncc1Cl. The molecule has 0 fully saturated rings. The van der Waals surface area contributed by atoms with Crippen LogP contribution in [0.2, 0.25) is 10.3 Å². The average Bonchev–Trinajstić information content (AvgIpc) is 2.34. The van der Waals surface area contributed by atoms with Gasteiger partial charge in [0.2, 0.25) is 5.28 Å². The van der Waals surface area contributed by atoms with E-state index >= 15 is 0 Å². The smallest absolute Gasteiger partial charge is 0.250 e. The third kappa shape index (κ3) is 4.03. The maximum Gasteiger partial charge on any atom is 0.250 e. The summed E-state index contributed by atoms with van der Waals surface area (Å²) in [5.41, 5.74) is 0.334. The van der Waals surface area contributed by atoms with Crippen LogP contribution in [-0.2, 0) is 10.0 Å². The van der Waals surface area contributed by atoms with Gasteiger partial charge in [-0.15, -0.1) is 0 Å². The lowest BCUT2D eigenvalue weighted by Crippen LogP contribution is -2.29. The minimum Gasteiger partial charge on any atom is -0.357 e. The molecule has 0 saturated heterocycles. The van der Waals surface area contributed by atoms with Crippen LogP contribution in [0.4, 0.5) is 5.82 Å². The van der Waals surface area contributed by atoms with E-state index in [1.165, 1.54) is 6.20 Å². The van der Waals surface area contributed by atoms with E-state index < -0.39 is 16.1 Å². The Labute approximate surface area is 126 Å². The molecule has 0 amide bonds. The van der Waals surface area contributed by atoms with E-state index in [2.05, 4.69) is 19.7 Å². The molecule has 1 unspecified atom stereocenters. The number of aromatic nitrogens is 2. The molecule has 0 spiro atoms. The van der Waals surface area contributed by atoms with E-state index in [-0.39, 0.29) is 10.3 Å². The highest BCUT2D eigenvalue weighted by atomic mass is 35.5. The van der Waals surface area contributed by atoms with Crippen molar-refractivity contribution in [3.63, 3.8) is 0 Å². The predicted molar refractivity (Wildman–Crippen MR) is 80.0 cm³/mol. The van der Waals surface area contributed by atoms with E-state index in [4.69, 9.17) is 23.2 Å². The molecule has 1 heterocycles. The summed E-state index contributed by atoms with van der Waals surface area (Å²) in [5, 5.41) is 3.27. The topological polar surface area (TPSA) is 84.3 Å². The normalized spacial score (nSPS) is 20.4. The summed E-state index contributed by atoms with van der Waals surface area (Å²) in [6.45, 7) is 0. The van der Waals surface area contributed by atoms with Gasteiger partial charge in [-0.1, -0.05) is 29.8 Å². The van der Waals surface area contributed by atoms with Crippen molar-refractivity contribution in [2.75, 3.05) is 11.6 Å². The van der Waals surface area contributed by atoms with Crippen LogP contribution >= 0.6 is 23.2 Å². The highest BCUT2D eigenvalue weighted by Gasteiger charge is 2.17. The summed E-state index contributed by atoms with van der Waals surface area (Å²) in [7, 11) is -3.50. The van der Waals surface area contributed by atoms with Gasteiger partial charge in [-0.2, -0.15) is 9.38 Å². The Morgan fingerprint density at radius 2 is 2.10 bits per heavy atom. The van der Waals surface area contributed by atoms with E-state index in [1.807, 2.05) is 0 Å². The number of hydrogen-bond donors (Lipinski definition) is 1. The second kappa shape index (κ2) is 5.90. The molecule has 0 radical (unpaired) electrons. The molecular formula is C11H10Cl2N4O2S. The Hall–Kier alpha value is -1.44. The van der Waals surface area contributed by atoms with Gasteiger partial charge in [-0.25, -0.2) is 13.4 Å². The van der Waals surface area contributed by atoms with E-state index in [0.717, 1.165) is 6.26 Å². The van der Waals surface area contributed by atoms with Crippen molar-refractivity contribution >= 4 is 44.8 Å². The van der Waals surface area contributed by atoms with Gasteiger partial charge in [0.15, 0.2) is 5.82 Å². The monoisotopic (exact) mass is 332 g/mol. The van der Waals surface area contributed by atoms with Crippen LogP contribution in [0.5, 0.6) is 0 Å². The van der Waals surface area contributed by atoms with Crippen molar-refractivity contribution < 1.29 is 8.42 Å². The Kier molecular flexibility index (Phi) is 4.42. The molecule has 1 aliphatic rings. The first-order valence-corrected chi connectivity index (χ1v) is 8.05. The first kappa shape index (κ1) is 15.0. The zero-order chi connectivity index (χ0) is 14.8. The number of nitrogens with zero attached hydrogens (tertiary/aromatic N) is 3. The van der Waals surface area contributed by atoms with Crippen molar-refractivity contribution in [1.82, 2.24) is 9.97 Å². The number of anilines is 1. The fourth-order valence-electron chi connectivity index (χ4n) is 1.53. The van der Waals surface area contributed by atoms with Gasteiger partial charge in [-0.3, -0.25) is 0 Å². The van der Waals surface area contributed by atoms with Crippen molar-refractivity contribution in [2.24, 2.45) is 4.40 Å². The molecule has 1 aliphatic carbocycles. The molecule has 9 heteroatoms. The van der Waals surface area contributed by atoms with Crippen LogP contribution in [0.1, 0.15) is 0 Å². The summed E-state index contributed by atoms with van der Waals surface area (Å²) in [5.74, 6) is 0.304. The van der Waals surface area contributed by atoms with Crippen LogP contribution < -0.4 is 5.32 Å². The van der Waals surface area contributed by atoms with Crippen molar-refractivity contribution in [3.8, 4) is 0 Å². The summed E-state index contributed by atoms with van der Waals surface area (Å²) in [6.07, 6.45) is 9.16. The van der Waals surface area contributed by atoms with Crippen molar-refractivity contribution in [1.29, 1.82) is 0 Å². The Morgan fingerprint density at radius 1 is 1.35 bits per heavy atom. The summed E-state index contributed by atoms with van der Waals surface area (Å²) in [4.78, 5) is 7.68. The molecular weight excluding hydrogens is 323 g/mol. The molecule has 0 aliphatic heterocycles. The Morgan fingerprint density at radius 3 is 2.80 bits per heavy atom. The number of allylic oxidation sites excluding steroid dienone is 2. The highest BCUT2D eigenvalue weighted by molar-refractivity contribution is 7.89.